The molecule has 25 heavy (non-hydrogen) atoms. The van der Waals surface area contributed by atoms with Gasteiger partial charge in [0.15, 0.2) is 0 Å². The third kappa shape index (κ3) is 1190. The van der Waals surface area contributed by atoms with Crippen molar-refractivity contribution in [3.8, 4) is 0 Å². The maximum Gasteiger partial charge on any atom is 0 e. The summed E-state index contributed by atoms with van der Waals surface area (Å²) in [5, 5.41) is 15.2. The summed E-state index contributed by atoms with van der Waals surface area (Å²) in [6.07, 6.45) is 0. The van der Waals surface area contributed by atoms with Crippen LogP contribution in [0.2, 0.25) is 27.3 Å². The minimum atomic E-state index is -1.17. The van der Waals surface area contributed by atoms with E-state index in [9.17, 15) is 0 Å². The van der Waals surface area contributed by atoms with Crippen LogP contribution in [0.15, 0.2) is 0 Å². The zero-order valence-corrected chi connectivity index (χ0v) is 30.1. The van der Waals surface area contributed by atoms with Crippen LogP contribution < -0.4 is 0 Å². The van der Waals surface area contributed by atoms with Crippen molar-refractivity contribution in [3.05, 3.63) is 0 Å². The van der Waals surface area contributed by atoms with Crippen molar-refractivity contribution in [1.29, 1.82) is 0 Å². The number of rotatable bonds is 0. The van der Waals surface area contributed by atoms with E-state index in [4.69, 9.17) is 24.2 Å². The van der Waals surface area contributed by atoms with Crippen LogP contribution in [0.25, 0.3) is 0 Å². The van der Waals surface area contributed by atoms with Gasteiger partial charge in [-0.3, -0.25) is 0 Å². The molecule has 0 aliphatic heterocycles. The predicted octanol–water partition coefficient (Wildman–Crippen LogP) is 3.44. The van der Waals surface area contributed by atoms with Crippen LogP contribution in [0.5, 0.6) is 0 Å². The van der Waals surface area contributed by atoms with Crippen LogP contribution in [0.3, 0.4) is 0 Å². The SMILES string of the molecule is CB(O)O.CB=O.CB=O.CB=O.CC.CC.CC.CC.[Y].[Y].[Y].[Y]. The fourth-order valence-corrected chi connectivity index (χ4v) is 0. The molecule has 4 radical (unpaired) electrons. The summed E-state index contributed by atoms with van der Waals surface area (Å²) >= 11 is 0. The Bertz CT molecular complexity index is 106. The third-order valence-corrected chi connectivity index (χ3v) is 0. The molecule has 0 aromatic carbocycles. The summed E-state index contributed by atoms with van der Waals surface area (Å²) in [6.45, 7) is 21.6. The quantitative estimate of drug-likeness (QED) is 0.389. The van der Waals surface area contributed by atoms with Crippen LogP contribution in [0.1, 0.15) is 55.4 Å². The summed E-state index contributed by atoms with van der Waals surface area (Å²) < 4.78 is 26.4. The Balaban J connectivity index is -0.00000000766. The zero-order chi connectivity index (χ0) is 19.7. The molecule has 0 aliphatic rings. The maximum absolute atomic E-state index is 8.81. The van der Waals surface area contributed by atoms with E-state index in [1.807, 2.05) is 55.4 Å². The van der Waals surface area contributed by atoms with E-state index in [0.717, 1.165) is 21.4 Å². The maximum atomic E-state index is 8.81. The molecular formula is C12H38B4O5Y4. The van der Waals surface area contributed by atoms with Crippen molar-refractivity contribution in [3.63, 3.8) is 0 Å². The Labute approximate surface area is 261 Å². The summed E-state index contributed by atoms with van der Waals surface area (Å²) in [6, 6.07) is 0. The molecule has 0 amide bonds. The van der Waals surface area contributed by atoms with Gasteiger partial charge in [0.05, 0.1) is 0 Å². The van der Waals surface area contributed by atoms with Crippen molar-refractivity contribution in [2.45, 2.75) is 82.7 Å². The van der Waals surface area contributed by atoms with Gasteiger partial charge in [-0.05, 0) is 6.82 Å². The van der Waals surface area contributed by atoms with E-state index in [1.165, 1.54) is 27.3 Å². The first-order chi connectivity index (χ1) is 9.97. The second-order valence-corrected chi connectivity index (χ2v) is 1.34. The molecule has 0 fully saturated rings. The zero-order valence-electron chi connectivity index (χ0n) is 18.7. The van der Waals surface area contributed by atoms with Crippen LogP contribution in [0.4, 0.5) is 0 Å². The van der Waals surface area contributed by atoms with Crippen molar-refractivity contribution in [2.75, 3.05) is 0 Å². The van der Waals surface area contributed by atoms with Gasteiger partial charge < -0.3 is 10.0 Å². The molecule has 0 spiro atoms. The first kappa shape index (κ1) is 78.7. The van der Waals surface area contributed by atoms with Crippen molar-refractivity contribution in [2.24, 2.45) is 0 Å². The van der Waals surface area contributed by atoms with Crippen LogP contribution in [-0.4, -0.2) is 38.6 Å². The minimum Gasteiger partial charge on any atom is -0.0683 e. The fraction of sp³-hybridized carbons (Fsp3) is 1.00. The van der Waals surface area contributed by atoms with Crippen LogP contribution in [-0.2, 0) is 145 Å². The topological polar surface area (TPSA) is 91.7 Å². The van der Waals surface area contributed by atoms with Gasteiger partial charge in [0, 0.05) is 131 Å². The largest absolute Gasteiger partial charge is 0.0683 e. The first-order valence-electron chi connectivity index (χ1n) is 7.53. The first-order valence-corrected chi connectivity index (χ1v) is 7.53. The fourth-order valence-electron chi connectivity index (χ4n) is 0. The molecule has 2 N–H and O–H groups in total. The molecule has 0 heterocycles. The van der Waals surface area contributed by atoms with Crippen molar-refractivity contribution in [1.82, 2.24) is 0 Å². The summed E-state index contributed by atoms with van der Waals surface area (Å²) in [5.74, 6) is 0. The Kier molecular flexibility index (Phi) is 643. The molecule has 5 nitrogen and oxygen atoms in total. The smallest absolute Gasteiger partial charge is 0 e. The molecule has 0 unspecified atom stereocenters. The van der Waals surface area contributed by atoms with E-state index in [-0.39, 0.29) is 131 Å². The van der Waals surface area contributed by atoms with E-state index in [1.54, 1.807) is 0 Å². The molecule has 0 saturated carbocycles. The second-order valence-electron chi connectivity index (χ2n) is 1.34. The van der Waals surface area contributed by atoms with Gasteiger partial charge in [0.1, 0.15) is 0 Å². The normalized spacial score (nSPS) is 3.12. The Morgan fingerprint density at radius 3 is 0.520 bits per heavy atom. The van der Waals surface area contributed by atoms with Gasteiger partial charge in [-0.15, -0.1) is 0 Å². The summed E-state index contributed by atoms with van der Waals surface area (Å²) in [5.41, 5.74) is 0. The Hall–Kier alpha value is 4.00. The molecule has 140 valence electrons. The Morgan fingerprint density at radius 2 is 0.520 bits per heavy atom. The summed E-state index contributed by atoms with van der Waals surface area (Å²) in [7, 11) is 1.08. The molecule has 0 aromatic rings. The van der Waals surface area contributed by atoms with Crippen LogP contribution in [0, 0.1) is 0 Å². The molecule has 0 saturated heterocycles. The molecule has 0 bridgehead atoms. The molecule has 0 aliphatic carbocycles. The molecule has 0 rings (SSSR count). The van der Waals surface area contributed by atoms with Crippen molar-refractivity contribution >= 4 is 28.6 Å². The van der Waals surface area contributed by atoms with E-state index in [0.29, 0.717) is 0 Å². The number of hydrogen-bond acceptors (Lipinski definition) is 5. The standard InChI is InChI=1S/4C2H6.CH5BO2.3CH3BO.4Y/c4*1-2;1-2(3)4;3*1-2-3;;;;/h4*1-2H3;3-4H,1H3;3*1H3;;;;. The van der Waals surface area contributed by atoms with Crippen LogP contribution >= 0.6 is 0 Å². The van der Waals surface area contributed by atoms with Gasteiger partial charge in [0.2, 0.25) is 0 Å². The number of hydrogen-bond donors (Lipinski definition) is 2. The van der Waals surface area contributed by atoms with Gasteiger partial charge in [-0.2, -0.15) is 0 Å². The summed E-state index contributed by atoms with van der Waals surface area (Å²) in [4.78, 5) is 0. The molecule has 0 atom stereocenters. The van der Waals surface area contributed by atoms with E-state index < -0.39 is 7.12 Å². The van der Waals surface area contributed by atoms with Gasteiger partial charge in [0.25, 0.3) is 0 Å². The molecule has 0 aromatic heterocycles. The van der Waals surface area contributed by atoms with E-state index >= 15 is 0 Å². The van der Waals surface area contributed by atoms with E-state index in [2.05, 4.69) is 0 Å². The van der Waals surface area contributed by atoms with Gasteiger partial charge in [-0.1, -0.05) is 55.4 Å². The minimum absolute atomic E-state index is 0. The third-order valence-electron chi connectivity index (χ3n) is 0. The molecular weight excluding hydrogens is 623 g/mol. The monoisotopic (exact) mass is 662 g/mol. The average molecular weight is 661 g/mol. The van der Waals surface area contributed by atoms with Gasteiger partial charge >= 0.3 is 63.2 Å². The second kappa shape index (κ2) is 204. The van der Waals surface area contributed by atoms with Gasteiger partial charge in [-0.25, -0.2) is 0 Å². The molecule has 13 heteroatoms. The predicted molar refractivity (Wildman–Crippen MR) is 98.4 cm³/mol. The Morgan fingerprint density at radius 1 is 0.520 bits per heavy atom. The van der Waals surface area contributed by atoms with Crippen molar-refractivity contribution < 1.29 is 155 Å². The average Bonchev–Trinajstić information content (AvgIpc) is 2.49.